The largest absolute Gasteiger partial charge is 0.393 e. The van der Waals surface area contributed by atoms with Gasteiger partial charge in [0.05, 0.1) is 85.0 Å². The summed E-state index contributed by atoms with van der Waals surface area (Å²) in [7, 11) is 4.62. The highest BCUT2D eigenvalue weighted by Gasteiger charge is 2.66. The number of aliphatic hydroxyl groups is 5. The summed E-state index contributed by atoms with van der Waals surface area (Å²) in [5.41, 5.74) is 0.244. The van der Waals surface area contributed by atoms with Gasteiger partial charge < -0.3 is 96.6 Å². The molecule has 32 atom stereocenters. The van der Waals surface area contributed by atoms with Gasteiger partial charge in [0.25, 0.3) is 0 Å². The van der Waals surface area contributed by atoms with Crippen molar-refractivity contribution >= 4 is 0 Å². The van der Waals surface area contributed by atoms with Crippen molar-refractivity contribution in [1.82, 2.24) is 0 Å². The van der Waals surface area contributed by atoms with E-state index in [9.17, 15) is 25.5 Å². The summed E-state index contributed by atoms with van der Waals surface area (Å²) in [6.07, 6.45) is -3.92. The summed E-state index contributed by atoms with van der Waals surface area (Å²) in [4.78, 5) is 12.4. The van der Waals surface area contributed by atoms with Gasteiger partial charge in [-0.05, 0) is 129 Å². The van der Waals surface area contributed by atoms with Gasteiger partial charge in [-0.1, -0.05) is 25.5 Å². The van der Waals surface area contributed by atoms with E-state index in [1.807, 2.05) is 41.5 Å². The first-order chi connectivity index (χ1) is 39.5. The Morgan fingerprint density at radius 2 is 1.29 bits per heavy atom. The minimum absolute atomic E-state index is 0.0494. The monoisotopic (exact) mass is 1180 g/mol. The molecule has 1 spiro atoms. The van der Waals surface area contributed by atoms with E-state index in [2.05, 4.69) is 19.9 Å². The van der Waals surface area contributed by atoms with E-state index < -0.39 is 147 Å². The molecular formula is C61H100O22. The van der Waals surface area contributed by atoms with E-state index in [1.54, 1.807) is 21.1 Å². The van der Waals surface area contributed by atoms with Gasteiger partial charge in [0.1, 0.15) is 49.3 Å². The van der Waals surface area contributed by atoms with Crippen LogP contribution in [0, 0.1) is 28.6 Å². The Bertz CT molecular complexity index is 2190. The molecule has 0 bridgehead atoms. The minimum Gasteiger partial charge on any atom is -0.393 e. The Hall–Kier alpha value is -1.14. The second-order valence-corrected chi connectivity index (χ2v) is 27.1. The topological polar surface area (TPSA) is 258 Å². The quantitative estimate of drug-likeness (QED) is 0.113. The normalized spacial score (nSPS) is 54.4. The van der Waals surface area contributed by atoms with Gasteiger partial charge in [0.15, 0.2) is 31.5 Å². The number of methoxy groups -OCH3 is 3. The molecule has 4 aliphatic carbocycles. The molecule has 0 aromatic carbocycles. The highest BCUT2D eigenvalue weighted by atomic mass is 17.2. The lowest BCUT2D eigenvalue weighted by atomic mass is 9.46. The average molecular weight is 1190 g/mol. The van der Waals surface area contributed by atoms with Gasteiger partial charge in [-0.2, -0.15) is 4.89 Å². The van der Waals surface area contributed by atoms with Gasteiger partial charge in [0, 0.05) is 58.8 Å². The van der Waals surface area contributed by atoms with Crippen molar-refractivity contribution < 1.29 is 106 Å². The molecule has 32 unspecified atom stereocenters. The molecule has 0 aromatic heterocycles. The lowest BCUT2D eigenvalue weighted by Crippen LogP contribution is -2.61. The molecule has 0 amide bonds. The summed E-state index contributed by atoms with van der Waals surface area (Å²) in [6.45, 7) is 17.9. The van der Waals surface area contributed by atoms with Crippen LogP contribution in [0.5, 0.6) is 0 Å². The first kappa shape index (κ1) is 63.4. The molecule has 11 aliphatic rings. The Kier molecular flexibility index (Phi) is 19.3. The van der Waals surface area contributed by atoms with E-state index in [4.69, 9.17) is 80.8 Å². The van der Waals surface area contributed by atoms with Gasteiger partial charge >= 0.3 is 0 Å². The highest BCUT2D eigenvalue weighted by Crippen LogP contribution is 2.68. The Labute approximate surface area is 490 Å². The van der Waals surface area contributed by atoms with Crippen molar-refractivity contribution in [3.05, 3.63) is 11.6 Å². The van der Waals surface area contributed by atoms with E-state index in [1.165, 1.54) is 12.7 Å². The lowest BCUT2D eigenvalue weighted by molar-refractivity contribution is -0.472. The summed E-state index contributed by atoms with van der Waals surface area (Å²) in [6, 6.07) is 0. The van der Waals surface area contributed by atoms with Crippen LogP contribution in [0.25, 0.3) is 0 Å². The fourth-order valence-corrected chi connectivity index (χ4v) is 17.4. The standard InChI is InChI=1S/C61H100O22/c1-29-42(77-49-25-43(67-10)53(32(4)73-49)80-57-51(65)56(69-12)50(64)30(2)75-57)15-16-46(71-29)78-52-31(3)72-47(24-41(52)63)79-54-34(6)81-60(27-45(54)68-11)28-70-44-26-48(74-33(5)55(44)82-83-60)76-35(7)61(66)22-19-40-38-14-13-36-23-37(62)17-20-58(36,8)39(38)18-21-59(40,61)9/h13,29-35,37-57,62-66H,14-28H2,1-12H3. The third-order valence-electron chi connectivity index (χ3n) is 22.2. The van der Waals surface area contributed by atoms with Crippen LogP contribution < -0.4 is 0 Å². The van der Waals surface area contributed by atoms with Crippen molar-refractivity contribution in [2.75, 3.05) is 27.9 Å². The molecular weight excluding hydrogens is 1080 g/mol. The molecule has 83 heavy (non-hydrogen) atoms. The van der Waals surface area contributed by atoms with Crippen molar-refractivity contribution in [3.63, 3.8) is 0 Å². The van der Waals surface area contributed by atoms with Crippen LogP contribution in [0.15, 0.2) is 11.6 Å². The number of allylic oxidation sites excluding steroid dienone is 1. The van der Waals surface area contributed by atoms with E-state index in [0.29, 0.717) is 49.9 Å². The Morgan fingerprint density at radius 1 is 0.602 bits per heavy atom. The predicted octanol–water partition coefficient (Wildman–Crippen LogP) is 5.01. The fourth-order valence-electron chi connectivity index (χ4n) is 17.4. The van der Waals surface area contributed by atoms with Crippen LogP contribution in [0.4, 0.5) is 0 Å². The van der Waals surface area contributed by atoms with Crippen LogP contribution in [0.2, 0.25) is 0 Å². The molecule has 3 saturated carbocycles. The maximum atomic E-state index is 12.8. The smallest absolute Gasteiger partial charge is 0.228 e. The molecule has 7 aliphatic heterocycles. The van der Waals surface area contributed by atoms with Gasteiger partial charge in [-0.3, -0.25) is 0 Å². The number of aliphatic hydroxyl groups excluding tert-OH is 4. The minimum atomic E-state index is -1.33. The summed E-state index contributed by atoms with van der Waals surface area (Å²) in [5.74, 6) is 0.128. The first-order valence-electron chi connectivity index (χ1n) is 31.4. The average Bonchev–Trinajstić information content (AvgIpc) is 3.87. The number of rotatable bonds is 14. The molecule has 22 nitrogen and oxygen atoms in total. The number of hydrogen-bond acceptors (Lipinski definition) is 22. The number of hydrogen-bond donors (Lipinski definition) is 5. The Morgan fingerprint density at radius 3 is 2.01 bits per heavy atom. The molecule has 11 rings (SSSR count). The van der Waals surface area contributed by atoms with E-state index >= 15 is 0 Å². The summed E-state index contributed by atoms with van der Waals surface area (Å²) in [5, 5.41) is 56.2. The molecule has 7 heterocycles. The van der Waals surface area contributed by atoms with Crippen molar-refractivity contribution in [3.8, 4) is 0 Å². The zero-order chi connectivity index (χ0) is 59.1. The second-order valence-electron chi connectivity index (χ2n) is 27.1. The van der Waals surface area contributed by atoms with Crippen molar-refractivity contribution in [2.45, 2.75) is 317 Å². The predicted molar refractivity (Wildman–Crippen MR) is 291 cm³/mol. The van der Waals surface area contributed by atoms with E-state index in [0.717, 1.165) is 44.9 Å². The Balaban J connectivity index is 0.631. The van der Waals surface area contributed by atoms with Crippen molar-refractivity contribution in [1.29, 1.82) is 0 Å². The molecule has 0 aromatic rings. The number of ether oxygens (including phenoxy) is 15. The zero-order valence-corrected chi connectivity index (χ0v) is 51.0. The van der Waals surface area contributed by atoms with Crippen LogP contribution >= 0.6 is 0 Å². The zero-order valence-electron chi connectivity index (χ0n) is 51.0. The molecule has 476 valence electrons. The maximum Gasteiger partial charge on any atom is 0.228 e. The SMILES string of the molecule is COC1CC2(COC3CC(OC(C)C4(O)CCC5C6CC=C7CC(O)CCC7(C)C6CCC54C)OC(C)C3OO2)OC(C)C1OC1CC(O)C(OC2CCC(OC3CC(OC)C(OC4OC(C)C(O)C(OC)C4O)C(C)O3)C(C)O2)C(C)O1. The third kappa shape index (κ3) is 12.1. The molecule has 10 fully saturated rings. The van der Waals surface area contributed by atoms with Crippen LogP contribution in [0.1, 0.15) is 152 Å². The van der Waals surface area contributed by atoms with Crippen LogP contribution in [0.3, 0.4) is 0 Å². The molecule has 7 saturated heterocycles. The first-order valence-corrected chi connectivity index (χ1v) is 31.4. The van der Waals surface area contributed by atoms with E-state index in [-0.39, 0.29) is 48.6 Å². The van der Waals surface area contributed by atoms with Gasteiger partial charge in [-0.15, -0.1) is 0 Å². The highest BCUT2D eigenvalue weighted by molar-refractivity contribution is 5.26. The van der Waals surface area contributed by atoms with Crippen molar-refractivity contribution in [2.24, 2.45) is 28.6 Å². The maximum absolute atomic E-state index is 12.8. The number of fused-ring (bicyclic) bond motifs is 6. The van der Waals surface area contributed by atoms with Gasteiger partial charge in [0.2, 0.25) is 5.79 Å². The summed E-state index contributed by atoms with van der Waals surface area (Å²) >= 11 is 0. The lowest BCUT2D eigenvalue weighted by Gasteiger charge is -2.59. The summed E-state index contributed by atoms with van der Waals surface area (Å²) < 4.78 is 94.4. The van der Waals surface area contributed by atoms with Crippen LogP contribution in [-0.4, -0.2) is 218 Å². The molecule has 22 heteroatoms. The van der Waals surface area contributed by atoms with Gasteiger partial charge in [-0.25, -0.2) is 4.89 Å². The third-order valence-corrected chi connectivity index (χ3v) is 22.2. The molecule has 5 N–H and O–H groups in total. The molecule has 0 radical (unpaired) electrons. The fraction of sp³-hybridized carbons (Fsp3) is 0.967. The second kappa shape index (κ2) is 25.3. The van der Waals surface area contributed by atoms with Crippen LogP contribution in [-0.2, 0) is 80.8 Å².